The minimum atomic E-state index is -1.03. The van der Waals surface area contributed by atoms with Crippen LogP contribution in [0.3, 0.4) is 0 Å². The summed E-state index contributed by atoms with van der Waals surface area (Å²) in [6.45, 7) is 8.31. The van der Waals surface area contributed by atoms with Crippen LogP contribution in [0.1, 0.15) is 63.8 Å². The molecule has 3 heterocycles. The number of fused-ring (bicyclic) bond motifs is 1. The average molecular weight is 642 g/mol. The summed E-state index contributed by atoms with van der Waals surface area (Å²) < 4.78 is 12.9. The third-order valence-corrected chi connectivity index (χ3v) is 8.96. The highest BCUT2D eigenvalue weighted by atomic mass is 16.5. The summed E-state index contributed by atoms with van der Waals surface area (Å²) >= 11 is 0. The normalized spacial score (nSPS) is 15.9. The molecule has 5 rings (SSSR count). The van der Waals surface area contributed by atoms with E-state index in [9.17, 15) is 14.7 Å². The van der Waals surface area contributed by atoms with Gasteiger partial charge in [0.2, 0.25) is 11.8 Å². The number of pyridine rings is 1. The first-order valence-corrected chi connectivity index (χ1v) is 16.4. The zero-order chi connectivity index (χ0) is 33.6. The highest BCUT2D eigenvalue weighted by molar-refractivity contribution is 5.79. The Labute approximate surface area is 277 Å². The third-order valence-electron chi connectivity index (χ3n) is 8.96. The molecule has 1 fully saturated rings. The van der Waals surface area contributed by atoms with E-state index in [2.05, 4.69) is 15.6 Å². The maximum atomic E-state index is 14.0. The molecule has 10 nitrogen and oxygen atoms in total. The number of hydrogen-bond acceptors (Lipinski definition) is 6. The number of aryl methyl sites for hydroxylation is 1. The summed E-state index contributed by atoms with van der Waals surface area (Å²) in [5.74, 6) is 1.61. The lowest BCUT2D eigenvalue weighted by Crippen LogP contribution is -2.54. The molecule has 0 unspecified atom stereocenters. The third kappa shape index (κ3) is 8.11. The predicted molar refractivity (Wildman–Crippen MR) is 183 cm³/mol. The summed E-state index contributed by atoms with van der Waals surface area (Å²) in [5, 5.41) is 10.4. The van der Waals surface area contributed by atoms with Gasteiger partial charge in [-0.05, 0) is 81.3 Å². The number of amides is 2. The van der Waals surface area contributed by atoms with Crippen molar-refractivity contribution in [3.05, 3.63) is 78.2 Å². The Bertz CT molecular complexity index is 1660. The Balaban J connectivity index is 1.36. The molecule has 2 amide bonds. The molecule has 4 aromatic rings. The van der Waals surface area contributed by atoms with Crippen LogP contribution in [0.25, 0.3) is 22.2 Å². The van der Waals surface area contributed by atoms with Crippen LogP contribution in [0.15, 0.2) is 66.9 Å². The van der Waals surface area contributed by atoms with E-state index in [1.54, 1.807) is 20.4 Å². The summed E-state index contributed by atoms with van der Waals surface area (Å²) in [4.78, 5) is 39.3. The SMILES string of the molecule is COCCCn1c([C@@H]2CCCN(C(=O)C[C@@H](Cc3ccc(-c4ccnc(OC)c4)cc3)N(C(=O)O)C(C)(C)C)C2)nc2ccccc21. The monoisotopic (exact) mass is 641 g/mol. The van der Waals surface area contributed by atoms with Gasteiger partial charge in [-0.2, -0.15) is 0 Å². The van der Waals surface area contributed by atoms with Gasteiger partial charge in [-0.3, -0.25) is 9.69 Å². The van der Waals surface area contributed by atoms with Gasteiger partial charge >= 0.3 is 6.09 Å². The molecular formula is C37H47N5O5. The molecule has 0 radical (unpaired) electrons. The minimum Gasteiger partial charge on any atom is -0.481 e. The van der Waals surface area contributed by atoms with Gasteiger partial charge in [0.25, 0.3) is 0 Å². The number of aromatic nitrogens is 3. The van der Waals surface area contributed by atoms with E-state index < -0.39 is 17.7 Å². The highest BCUT2D eigenvalue weighted by Crippen LogP contribution is 2.31. The average Bonchev–Trinajstić information content (AvgIpc) is 3.43. The van der Waals surface area contributed by atoms with Crippen molar-refractivity contribution >= 4 is 23.0 Å². The number of hydrogen-bond donors (Lipinski definition) is 1. The largest absolute Gasteiger partial charge is 0.481 e. The van der Waals surface area contributed by atoms with Crippen molar-refractivity contribution in [2.75, 3.05) is 33.9 Å². The fourth-order valence-electron chi connectivity index (χ4n) is 6.80. The van der Waals surface area contributed by atoms with Crippen LogP contribution < -0.4 is 4.74 Å². The Hall–Kier alpha value is -4.44. The van der Waals surface area contributed by atoms with Gasteiger partial charge in [-0.25, -0.2) is 14.8 Å². The Kier molecular flexibility index (Phi) is 10.8. The summed E-state index contributed by atoms with van der Waals surface area (Å²) in [5.41, 5.74) is 4.30. The standard InChI is InChI=1S/C37H47N5O5/c1-37(2,3)42(36(44)45)30(22-26-13-15-27(16-14-26)28-17-18-38-33(23-28)47-5)24-34(43)40-19-8-10-29(25-40)35-39-31-11-6-7-12-32(31)41(35)20-9-21-46-4/h6-7,11-18,23,29-30H,8-10,19-22,24-25H2,1-5H3,(H,44,45)/t29-,30-/m1/s1. The number of benzene rings is 2. The molecular weight excluding hydrogens is 594 g/mol. The number of rotatable bonds is 12. The first-order valence-electron chi connectivity index (χ1n) is 16.4. The van der Waals surface area contributed by atoms with Crippen LogP contribution in [0, 0.1) is 0 Å². The zero-order valence-corrected chi connectivity index (χ0v) is 28.2. The topological polar surface area (TPSA) is 110 Å². The maximum absolute atomic E-state index is 14.0. The fourth-order valence-corrected chi connectivity index (χ4v) is 6.80. The quantitative estimate of drug-likeness (QED) is 0.173. The molecule has 10 heteroatoms. The number of piperidine rings is 1. The first-order chi connectivity index (χ1) is 22.6. The number of nitrogens with zero attached hydrogens (tertiary/aromatic N) is 5. The fraction of sp³-hybridized carbons (Fsp3) is 0.459. The highest BCUT2D eigenvalue weighted by Gasteiger charge is 2.36. The molecule has 47 heavy (non-hydrogen) atoms. The number of carbonyl (C=O) groups excluding carboxylic acids is 1. The smallest absolute Gasteiger partial charge is 0.408 e. The van der Waals surface area contributed by atoms with E-state index in [-0.39, 0.29) is 18.2 Å². The summed E-state index contributed by atoms with van der Waals surface area (Å²) in [6, 6.07) is 19.5. The molecule has 2 atom stereocenters. The van der Waals surface area contributed by atoms with Crippen LogP contribution in [0.2, 0.25) is 0 Å². The van der Waals surface area contributed by atoms with Crippen LogP contribution in [-0.4, -0.2) is 86.9 Å². The molecule has 0 spiro atoms. The van der Waals surface area contributed by atoms with Gasteiger partial charge in [0.15, 0.2) is 0 Å². The van der Waals surface area contributed by atoms with Crippen LogP contribution in [0.5, 0.6) is 5.88 Å². The lowest BCUT2D eigenvalue weighted by molar-refractivity contribution is -0.134. The second kappa shape index (κ2) is 15.0. The lowest BCUT2D eigenvalue weighted by atomic mass is 9.93. The number of carboxylic acid groups (broad SMARTS) is 1. The molecule has 250 valence electrons. The van der Waals surface area contributed by atoms with Gasteiger partial charge in [0.1, 0.15) is 5.82 Å². The number of para-hydroxylation sites is 2. The van der Waals surface area contributed by atoms with E-state index in [1.165, 1.54) is 4.90 Å². The van der Waals surface area contributed by atoms with Crippen LogP contribution >= 0.6 is 0 Å². The molecule has 1 aliphatic heterocycles. The maximum Gasteiger partial charge on any atom is 0.408 e. The van der Waals surface area contributed by atoms with Gasteiger partial charge in [0.05, 0.1) is 18.1 Å². The Morgan fingerprint density at radius 1 is 1.06 bits per heavy atom. The molecule has 0 aliphatic carbocycles. The van der Waals surface area contributed by atoms with E-state index in [0.717, 1.165) is 59.4 Å². The summed E-state index contributed by atoms with van der Waals surface area (Å²) in [7, 11) is 3.30. The van der Waals surface area contributed by atoms with Gasteiger partial charge < -0.3 is 24.0 Å². The molecule has 1 N–H and O–H groups in total. The van der Waals surface area contributed by atoms with E-state index in [4.69, 9.17) is 14.5 Å². The van der Waals surface area contributed by atoms with Crippen LogP contribution in [-0.2, 0) is 22.5 Å². The van der Waals surface area contributed by atoms with Crippen molar-refractivity contribution in [2.45, 2.75) is 76.9 Å². The molecule has 0 bridgehead atoms. The predicted octanol–water partition coefficient (Wildman–Crippen LogP) is 6.63. The zero-order valence-electron chi connectivity index (χ0n) is 28.2. The van der Waals surface area contributed by atoms with Gasteiger partial charge in [-0.15, -0.1) is 0 Å². The van der Waals surface area contributed by atoms with Crippen LogP contribution in [0.4, 0.5) is 4.79 Å². The number of imidazole rings is 1. The van der Waals surface area contributed by atoms with Crippen molar-refractivity contribution in [1.29, 1.82) is 0 Å². The summed E-state index contributed by atoms with van der Waals surface area (Å²) in [6.07, 6.45) is 3.88. The van der Waals surface area contributed by atoms with Crippen molar-refractivity contribution in [3.63, 3.8) is 0 Å². The van der Waals surface area contributed by atoms with Gasteiger partial charge in [0, 0.05) is 69.5 Å². The van der Waals surface area contributed by atoms with Crippen molar-refractivity contribution in [2.24, 2.45) is 0 Å². The molecule has 1 aliphatic rings. The molecule has 0 saturated carbocycles. The molecule has 2 aromatic carbocycles. The lowest BCUT2D eigenvalue weighted by Gasteiger charge is -2.41. The number of likely N-dealkylation sites (tertiary alicyclic amines) is 1. The van der Waals surface area contributed by atoms with Gasteiger partial charge in [-0.1, -0.05) is 36.4 Å². The van der Waals surface area contributed by atoms with E-state index in [1.807, 2.05) is 80.3 Å². The number of ether oxygens (including phenoxy) is 2. The Morgan fingerprint density at radius 3 is 2.53 bits per heavy atom. The van der Waals surface area contributed by atoms with E-state index >= 15 is 0 Å². The van der Waals surface area contributed by atoms with Crippen molar-refractivity contribution in [3.8, 4) is 17.0 Å². The van der Waals surface area contributed by atoms with Crippen molar-refractivity contribution in [1.82, 2.24) is 24.3 Å². The molecule has 2 aromatic heterocycles. The second-order valence-corrected chi connectivity index (χ2v) is 13.3. The minimum absolute atomic E-state index is 0.0299. The second-order valence-electron chi connectivity index (χ2n) is 13.3. The van der Waals surface area contributed by atoms with Crippen molar-refractivity contribution < 1.29 is 24.2 Å². The Morgan fingerprint density at radius 2 is 1.83 bits per heavy atom. The number of methoxy groups -OCH3 is 2. The molecule has 1 saturated heterocycles. The van der Waals surface area contributed by atoms with E-state index in [0.29, 0.717) is 32.0 Å². The number of carbonyl (C=O) groups is 2. The first kappa shape index (κ1) is 33.9.